The summed E-state index contributed by atoms with van der Waals surface area (Å²) in [6.45, 7) is 5.47. The molecule has 1 unspecified atom stereocenters. The topological polar surface area (TPSA) is 38.2 Å². The van der Waals surface area contributed by atoms with E-state index in [2.05, 4.69) is 14.9 Å². The number of ether oxygens (including phenoxy) is 1. The van der Waals surface area contributed by atoms with Crippen LogP contribution in [0.2, 0.25) is 0 Å². The van der Waals surface area contributed by atoms with Crippen molar-refractivity contribution in [2.75, 3.05) is 24.6 Å². The molecule has 24 heavy (non-hydrogen) atoms. The molecular weight excluding hydrogens is 319 g/mol. The van der Waals surface area contributed by atoms with Crippen LogP contribution in [0.5, 0.6) is 0 Å². The smallest absolute Gasteiger partial charge is 0.370 e. The van der Waals surface area contributed by atoms with E-state index < -0.39 is 11.7 Å². The Bertz CT molecular complexity index is 696. The Kier molecular flexibility index (Phi) is 4.45. The van der Waals surface area contributed by atoms with Crippen LogP contribution in [0, 0.1) is 13.8 Å². The molecule has 0 aliphatic carbocycles. The van der Waals surface area contributed by atoms with Gasteiger partial charge in [-0.25, -0.2) is 9.97 Å². The molecule has 1 saturated heterocycles. The molecule has 1 aromatic carbocycles. The van der Waals surface area contributed by atoms with E-state index in [0.29, 0.717) is 25.5 Å². The largest absolute Gasteiger partial charge is 0.416 e. The number of hydrogen-bond donors (Lipinski definition) is 0. The Morgan fingerprint density at radius 1 is 1.12 bits per heavy atom. The zero-order chi connectivity index (χ0) is 17.3. The predicted molar refractivity (Wildman–Crippen MR) is 83.9 cm³/mol. The molecule has 3 rings (SSSR count). The van der Waals surface area contributed by atoms with Crippen molar-refractivity contribution in [3.05, 3.63) is 53.0 Å². The number of rotatable bonds is 2. The first-order valence-electron chi connectivity index (χ1n) is 7.69. The van der Waals surface area contributed by atoms with E-state index in [9.17, 15) is 13.2 Å². The van der Waals surface area contributed by atoms with Gasteiger partial charge < -0.3 is 9.64 Å². The van der Waals surface area contributed by atoms with Crippen LogP contribution in [0.4, 0.5) is 19.0 Å². The normalized spacial score (nSPS) is 18.7. The molecule has 2 aromatic rings. The van der Waals surface area contributed by atoms with Crippen LogP contribution in [-0.2, 0) is 10.9 Å². The van der Waals surface area contributed by atoms with Crippen LogP contribution in [-0.4, -0.2) is 29.7 Å². The summed E-state index contributed by atoms with van der Waals surface area (Å²) >= 11 is 0. The van der Waals surface area contributed by atoms with E-state index in [1.807, 2.05) is 19.9 Å². The van der Waals surface area contributed by atoms with E-state index in [1.165, 1.54) is 12.1 Å². The number of aromatic nitrogens is 2. The average Bonchev–Trinajstić information content (AvgIpc) is 2.53. The minimum absolute atomic E-state index is 0.281. The van der Waals surface area contributed by atoms with Gasteiger partial charge in [0.25, 0.3) is 0 Å². The Morgan fingerprint density at radius 2 is 1.83 bits per heavy atom. The Balaban J connectivity index is 1.78. The first-order chi connectivity index (χ1) is 11.3. The molecule has 0 amide bonds. The van der Waals surface area contributed by atoms with Crippen LogP contribution in [0.25, 0.3) is 0 Å². The lowest BCUT2D eigenvalue weighted by molar-refractivity contribution is -0.137. The summed E-state index contributed by atoms with van der Waals surface area (Å²) in [5, 5.41) is 0. The van der Waals surface area contributed by atoms with Gasteiger partial charge in [-0.3, -0.25) is 0 Å². The maximum absolute atomic E-state index is 12.7. The highest BCUT2D eigenvalue weighted by Gasteiger charge is 2.31. The maximum Gasteiger partial charge on any atom is 0.416 e. The molecule has 1 aliphatic heterocycles. The summed E-state index contributed by atoms with van der Waals surface area (Å²) < 4.78 is 43.7. The fourth-order valence-corrected chi connectivity index (χ4v) is 2.81. The molecule has 0 spiro atoms. The fraction of sp³-hybridized carbons (Fsp3) is 0.412. The second kappa shape index (κ2) is 6.39. The van der Waals surface area contributed by atoms with Gasteiger partial charge in [0.05, 0.1) is 12.2 Å². The maximum atomic E-state index is 12.7. The van der Waals surface area contributed by atoms with Crippen molar-refractivity contribution in [1.82, 2.24) is 9.97 Å². The molecule has 0 saturated carbocycles. The Morgan fingerprint density at radius 3 is 2.46 bits per heavy atom. The lowest BCUT2D eigenvalue weighted by Crippen LogP contribution is -2.39. The molecule has 0 bridgehead atoms. The average molecular weight is 337 g/mol. The van der Waals surface area contributed by atoms with Gasteiger partial charge >= 0.3 is 6.18 Å². The lowest BCUT2D eigenvalue weighted by Gasteiger charge is -2.34. The van der Waals surface area contributed by atoms with E-state index >= 15 is 0 Å². The van der Waals surface area contributed by atoms with Crippen molar-refractivity contribution in [3.63, 3.8) is 0 Å². The molecule has 0 N–H and O–H groups in total. The second-order valence-corrected chi connectivity index (χ2v) is 5.84. The molecule has 1 fully saturated rings. The third-order valence-corrected chi connectivity index (χ3v) is 3.95. The number of aryl methyl sites for hydroxylation is 2. The van der Waals surface area contributed by atoms with Crippen LogP contribution in [0.1, 0.15) is 28.7 Å². The van der Waals surface area contributed by atoms with Crippen LogP contribution >= 0.6 is 0 Å². The van der Waals surface area contributed by atoms with Crippen LogP contribution < -0.4 is 4.90 Å². The molecule has 2 heterocycles. The van der Waals surface area contributed by atoms with Crippen molar-refractivity contribution in [2.24, 2.45) is 0 Å². The SMILES string of the molecule is Cc1cc(N2CCOC(c3ccc(C(F)(F)F)cc3)C2)nc(C)n1. The molecule has 1 atom stereocenters. The van der Waals surface area contributed by atoms with Gasteiger partial charge in [0.1, 0.15) is 17.7 Å². The van der Waals surface area contributed by atoms with Gasteiger partial charge in [-0.1, -0.05) is 12.1 Å². The highest BCUT2D eigenvalue weighted by molar-refractivity contribution is 5.41. The minimum atomic E-state index is -4.33. The van der Waals surface area contributed by atoms with E-state index in [0.717, 1.165) is 29.2 Å². The summed E-state index contributed by atoms with van der Waals surface area (Å²) in [5.41, 5.74) is 0.964. The second-order valence-electron chi connectivity index (χ2n) is 5.84. The van der Waals surface area contributed by atoms with Crippen LogP contribution in [0.3, 0.4) is 0 Å². The number of anilines is 1. The number of halogens is 3. The number of nitrogens with zero attached hydrogens (tertiary/aromatic N) is 3. The van der Waals surface area contributed by atoms with Gasteiger partial charge in [-0.2, -0.15) is 13.2 Å². The first kappa shape index (κ1) is 16.7. The summed E-state index contributed by atoms with van der Waals surface area (Å²) in [6.07, 6.45) is -4.61. The van der Waals surface area contributed by atoms with Gasteiger partial charge in [-0.05, 0) is 31.5 Å². The van der Waals surface area contributed by atoms with E-state index in [4.69, 9.17) is 4.74 Å². The monoisotopic (exact) mass is 337 g/mol. The number of hydrogen-bond acceptors (Lipinski definition) is 4. The molecule has 4 nitrogen and oxygen atoms in total. The fourth-order valence-electron chi connectivity index (χ4n) is 2.81. The molecule has 1 aliphatic rings. The van der Waals surface area contributed by atoms with Crippen molar-refractivity contribution in [1.29, 1.82) is 0 Å². The summed E-state index contributed by atoms with van der Waals surface area (Å²) in [5.74, 6) is 1.52. The van der Waals surface area contributed by atoms with Crippen molar-refractivity contribution in [2.45, 2.75) is 26.1 Å². The highest BCUT2D eigenvalue weighted by Crippen LogP contribution is 2.31. The minimum Gasteiger partial charge on any atom is -0.370 e. The standard InChI is InChI=1S/C17H18F3N3O/c1-11-9-16(22-12(2)21-11)23-7-8-24-15(10-23)13-3-5-14(6-4-13)17(18,19)20/h3-6,9,15H,7-8,10H2,1-2H3. The number of alkyl halides is 3. The summed E-state index contributed by atoms with van der Waals surface area (Å²) in [7, 11) is 0. The van der Waals surface area contributed by atoms with Gasteiger partial charge in [0.15, 0.2) is 0 Å². The van der Waals surface area contributed by atoms with Gasteiger partial charge in [0, 0.05) is 24.8 Å². The zero-order valence-corrected chi connectivity index (χ0v) is 13.5. The third-order valence-electron chi connectivity index (χ3n) is 3.95. The van der Waals surface area contributed by atoms with Crippen molar-refractivity contribution in [3.8, 4) is 0 Å². The van der Waals surface area contributed by atoms with Crippen LogP contribution in [0.15, 0.2) is 30.3 Å². The number of benzene rings is 1. The number of morpholine rings is 1. The first-order valence-corrected chi connectivity index (χ1v) is 7.69. The van der Waals surface area contributed by atoms with Crippen molar-refractivity contribution >= 4 is 5.82 Å². The molecule has 1 aromatic heterocycles. The van der Waals surface area contributed by atoms with Gasteiger partial charge in [-0.15, -0.1) is 0 Å². The summed E-state index contributed by atoms with van der Waals surface area (Å²) in [6, 6.07) is 7.05. The van der Waals surface area contributed by atoms with Crippen molar-refractivity contribution < 1.29 is 17.9 Å². The molecule has 0 radical (unpaired) electrons. The molecular formula is C17H18F3N3O. The molecule has 7 heteroatoms. The predicted octanol–water partition coefficient (Wildman–Crippen LogP) is 3.69. The Labute approximate surface area is 138 Å². The van der Waals surface area contributed by atoms with E-state index in [-0.39, 0.29) is 6.10 Å². The summed E-state index contributed by atoms with van der Waals surface area (Å²) in [4.78, 5) is 10.8. The molecule has 128 valence electrons. The van der Waals surface area contributed by atoms with Gasteiger partial charge in [0.2, 0.25) is 0 Å². The Hall–Kier alpha value is -2.15. The highest BCUT2D eigenvalue weighted by atomic mass is 19.4. The quantitative estimate of drug-likeness (QED) is 0.838. The third kappa shape index (κ3) is 3.67. The van der Waals surface area contributed by atoms with E-state index in [1.54, 1.807) is 0 Å². The lowest BCUT2D eigenvalue weighted by atomic mass is 10.1. The zero-order valence-electron chi connectivity index (χ0n) is 13.5.